The molecule has 2 N–H and O–H groups in total. The smallest absolute Gasteiger partial charge is 0.251 e. The molecule has 4 heteroatoms. The van der Waals surface area contributed by atoms with Crippen LogP contribution in [-0.2, 0) is 6.54 Å². The Morgan fingerprint density at radius 3 is 2.50 bits per heavy atom. The van der Waals surface area contributed by atoms with Crippen molar-refractivity contribution in [3.05, 3.63) is 64.2 Å². The van der Waals surface area contributed by atoms with Crippen molar-refractivity contribution >= 4 is 23.2 Å². The highest BCUT2D eigenvalue weighted by molar-refractivity contribution is 6.33. The summed E-state index contributed by atoms with van der Waals surface area (Å²) >= 11 is 6.13. The van der Waals surface area contributed by atoms with Gasteiger partial charge in [0, 0.05) is 19.2 Å². The number of benzene rings is 2. The summed E-state index contributed by atoms with van der Waals surface area (Å²) in [6, 6.07) is 13.4. The van der Waals surface area contributed by atoms with Crippen LogP contribution < -0.4 is 10.6 Å². The summed E-state index contributed by atoms with van der Waals surface area (Å²) in [4.78, 5) is 11.4. The van der Waals surface area contributed by atoms with Gasteiger partial charge in [-0.15, -0.1) is 0 Å². The first-order valence-corrected chi connectivity index (χ1v) is 6.79. The molecule has 2 aromatic carbocycles. The fraction of sp³-hybridized carbons (Fsp3) is 0.188. The monoisotopic (exact) mass is 288 g/mol. The minimum Gasteiger partial charge on any atom is -0.380 e. The predicted octanol–water partition coefficient (Wildman–Crippen LogP) is 3.62. The van der Waals surface area contributed by atoms with Crippen LogP contribution in [0, 0.1) is 6.92 Å². The van der Waals surface area contributed by atoms with Crippen LogP contribution in [-0.4, -0.2) is 13.0 Å². The lowest BCUT2D eigenvalue weighted by molar-refractivity contribution is 0.0963. The van der Waals surface area contributed by atoms with Gasteiger partial charge in [-0.2, -0.15) is 0 Å². The van der Waals surface area contributed by atoms with Gasteiger partial charge in [0.15, 0.2) is 0 Å². The molecule has 0 aliphatic heterocycles. The Kier molecular flexibility index (Phi) is 4.64. The van der Waals surface area contributed by atoms with Crippen molar-refractivity contribution in [3.8, 4) is 0 Å². The quantitative estimate of drug-likeness (QED) is 0.902. The zero-order valence-corrected chi connectivity index (χ0v) is 12.3. The number of carbonyl (C=O) groups is 1. The largest absolute Gasteiger partial charge is 0.380 e. The molecule has 20 heavy (non-hydrogen) atoms. The van der Waals surface area contributed by atoms with E-state index in [1.54, 1.807) is 7.05 Å². The lowest BCUT2D eigenvalue weighted by atomic mass is 10.1. The molecule has 0 saturated heterocycles. The molecule has 0 heterocycles. The van der Waals surface area contributed by atoms with Crippen LogP contribution in [0.1, 0.15) is 21.5 Å². The number of aryl methyl sites for hydroxylation is 1. The Bertz CT molecular complexity index is 608. The molecular formula is C16H17ClN2O. The van der Waals surface area contributed by atoms with Gasteiger partial charge in [0.25, 0.3) is 5.91 Å². The number of carbonyl (C=O) groups excluding carboxylic acids is 1. The fourth-order valence-corrected chi connectivity index (χ4v) is 2.07. The van der Waals surface area contributed by atoms with Crippen LogP contribution in [0.25, 0.3) is 0 Å². The second kappa shape index (κ2) is 6.44. The van der Waals surface area contributed by atoms with Gasteiger partial charge < -0.3 is 10.6 Å². The van der Waals surface area contributed by atoms with Gasteiger partial charge in [0.1, 0.15) is 0 Å². The van der Waals surface area contributed by atoms with Gasteiger partial charge >= 0.3 is 0 Å². The van der Waals surface area contributed by atoms with Gasteiger partial charge in [-0.1, -0.05) is 29.8 Å². The van der Waals surface area contributed by atoms with Crippen LogP contribution >= 0.6 is 11.6 Å². The molecule has 0 atom stereocenters. The van der Waals surface area contributed by atoms with E-state index in [4.69, 9.17) is 11.6 Å². The summed E-state index contributed by atoms with van der Waals surface area (Å²) in [6.45, 7) is 2.69. The molecule has 1 amide bonds. The third-order valence-corrected chi connectivity index (χ3v) is 3.38. The molecule has 2 rings (SSSR count). The SMILES string of the molecule is CNC(=O)c1ccc(CNc2cc(C)ccc2Cl)cc1. The normalized spacial score (nSPS) is 10.2. The predicted molar refractivity (Wildman–Crippen MR) is 83.3 cm³/mol. The van der Waals surface area contributed by atoms with Gasteiger partial charge in [0.2, 0.25) is 0 Å². The average Bonchev–Trinajstić information content (AvgIpc) is 2.48. The number of hydrogen-bond acceptors (Lipinski definition) is 2. The Morgan fingerprint density at radius 1 is 1.15 bits per heavy atom. The topological polar surface area (TPSA) is 41.1 Å². The van der Waals surface area contributed by atoms with Crippen LogP contribution in [0.5, 0.6) is 0 Å². The number of rotatable bonds is 4. The molecule has 0 spiro atoms. The Morgan fingerprint density at radius 2 is 1.85 bits per heavy atom. The van der Waals surface area contributed by atoms with E-state index in [1.165, 1.54) is 0 Å². The maximum Gasteiger partial charge on any atom is 0.251 e. The van der Waals surface area contributed by atoms with E-state index in [0.717, 1.165) is 16.8 Å². The van der Waals surface area contributed by atoms with Crippen molar-refractivity contribution in [2.75, 3.05) is 12.4 Å². The molecule has 0 aliphatic rings. The van der Waals surface area contributed by atoms with Crippen molar-refractivity contribution in [2.45, 2.75) is 13.5 Å². The minimum atomic E-state index is -0.0776. The number of hydrogen-bond donors (Lipinski definition) is 2. The highest BCUT2D eigenvalue weighted by Crippen LogP contribution is 2.23. The van der Waals surface area contributed by atoms with Gasteiger partial charge in [-0.25, -0.2) is 0 Å². The molecule has 2 aromatic rings. The molecule has 0 aliphatic carbocycles. The summed E-state index contributed by atoms with van der Waals surface area (Å²) in [5.74, 6) is -0.0776. The van der Waals surface area contributed by atoms with E-state index in [9.17, 15) is 4.79 Å². The fourth-order valence-electron chi connectivity index (χ4n) is 1.89. The van der Waals surface area contributed by atoms with E-state index >= 15 is 0 Å². The van der Waals surface area contributed by atoms with Crippen LogP contribution in [0.2, 0.25) is 5.02 Å². The lowest BCUT2D eigenvalue weighted by Crippen LogP contribution is -2.17. The maximum absolute atomic E-state index is 11.4. The zero-order chi connectivity index (χ0) is 14.5. The summed E-state index contributed by atoms with van der Waals surface area (Å²) in [5, 5.41) is 6.61. The maximum atomic E-state index is 11.4. The number of nitrogens with one attached hydrogen (secondary N) is 2. The van der Waals surface area contributed by atoms with E-state index in [-0.39, 0.29) is 5.91 Å². The molecule has 0 radical (unpaired) electrons. The summed E-state index contributed by atoms with van der Waals surface area (Å²) in [6.07, 6.45) is 0. The first-order valence-electron chi connectivity index (χ1n) is 6.41. The first kappa shape index (κ1) is 14.4. The Labute approximate surface area is 124 Å². The third-order valence-electron chi connectivity index (χ3n) is 3.05. The van der Waals surface area contributed by atoms with Crippen molar-refractivity contribution in [2.24, 2.45) is 0 Å². The highest BCUT2D eigenvalue weighted by atomic mass is 35.5. The summed E-state index contributed by atoms with van der Waals surface area (Å²) < 4.78 is 0. The third kappa shape index (κ3) is 3.52. The molecule has 3 nitrogen and oxygen atoms in total. The molecule has 0 bridgehead atoms. The number of amides is 1. The van der Waals surface area contributed by atoms with Crippen molar-refractivity contribution < 1.29 is 4.79 Å². The summed E-state index contributed by atoms with van der Waals surface area (Å²) in [5.41, 5.74) is 3.83. The van der Waals surface area contributed by atoms with E-state index < -0.39 is 0 Å². The first-order chi connectivity index (χ1) is 9.60. The van der Waals surface area contributed by atoms with Crippen LogP contribution in [0.4, 0.5) is 5.69 Å². The minimum absolute atomic E-state index is 0.0776. The average molecular weight is 289 g/mol. The molecule has 0 unspecified atom stereocenters. The number of halogens is 1. The molecule has 0 aromatic heterocycles. The Hall–Kier alpha value is -2.00. The standard InChI is InChI=1S/C16H17ClN2O/c1-11-3-8-14(17)15(9-11)19-10-12-4-6-13(7-5-12)16(20)18-2/h3-9,19H,10H2,1-2H3,(H,18,20). The second-order valence-corrected chi connectivity index (χ2v) is 5.02. The van der Waals surface area contributed by atoms with Gasteiger partial charge in [0.05, 0.1) is 10.7 Å². The van der Waals surface area contributed by atoms with E-state index in [1.807, 2.05) is 49.4 Å². The zero-order valence-electron chi connectivity index (χ0n) is 11.5. The van der Waals surface area contributed by atoms with Crippen molar-refractivity contribution in [3.63, 3.8) is 0 Å². The lowest BCUT2D eigenvalue weighted by Gasteiger charge is -2.10. The van der Waals surface area contributed by atoms with E-state index in [2.05, 4.69) is 10.6 Å². The number of anilines is 1. The second-order valence-electron chi connectivity index (χ2n) is 4.61. The van der Waals surface area contributed by atoms with Crippen molar-refractivity contribution in [1.82, 2.24) is 5.32 Å². The molecule has 104 valence electrons. The highest BCUT2D eigenvalue weighted by Gasteiger charge is 2.03. The molecular weight excluding hydrogens is 272 g/mol. The van der Waals surface area contributed by atoms with Crippen LogP contribution in [0.15, 0.2) is 42.5 Å². The summed E-state index contributed by atoms with van der Waals surface area (Å²) in [7, 11) is 1.62. The Balaban J connectivity index is 2.04. The van der Waals surface area contributed by atoms with Crippen LogP contribution in [0.3, 0.4) is 0 Å². The van der Waals surface area contributed by atoms with Crippen molar-refractivity contribution in [1.29, 1.82) is 0 Å². The van der Waals surface area contributed by atoms with Gasteiger partial charge in [-0.05, 0) is 42.3 Å². The van der Waals surface area contributed by atoms with Gasteiger partial charge in [-0.3, -0.25) is 4.79 Å². The molecule has 0 fully saturated rings. The molecule has 0 saturated carbocycles. The van der Waals surface area contributed by atoms with E-state index in [0.29, 0.717) is 17.1 Å².